The van der Waals surface area contributed by atoms with Gasteiger partial charge in [-0.15, -0.1) is 0 Å². The number of rotatable bonds is 4. The Morgan fingerprint density at radius 2 is 1.61 bits per heavy atom. The molecule has 0 radical (unpaired) electrons. The van der Waals surface area contributed by atoms with E-state index in [1.54, 1.807) is 7.11 Å². The van der Waals surface area contributed by atoms with Gasteiger partial charge in [0.25, 0.3) is 0 Å². The molecule has 0 aliphatic carbocycles. The number of benzene rings is 2. The van der Waals surface area contributed by atoms with Gasteiger partial charge in [0.15, 0.2) is 0 Å². The molecule has 0 amide bonds. The molecular weight excluding hydrogens is 403 g/mol. The minimum atomic E-state index is -0.966. The number of ether oxygens (including phenoxy) is 2. The maximum atomic E-state index is 12.7. The molecule has 0 bridgehead atoms. The summed E-state index contributed by atoms with van der Waals surface area (Å²) in [5, 5.41) is 0. The van der Waals surface area contributed by atoms with E-state index in [0.717, 1.165) is 14.9 Å². The van der Waals surface area contributed by atoms with Crippen LogP contribution >= 0.6 is 0 Å². The number of carbonyl (C=O) groups excluding carboxylic acids is 1. The van der Waals surface area contributed by atoms with Crippen LogP contribution in [0.5, 0.6) is 0 Å². The van der Waals surface area contributed by atoms with Gasteiger partial charge in [-0.25, -0.2) is 0 Å². The van der Waals surface area contributed by atoms with Gasteiger partial charge in [0.1, 0.15) is 0 Å². The van der Waals surface area contributed by atoms with Crippen molar-refractivity contribution < 1.29 is 35.5 Å². The van der Waals surface area contributed by atoms with E-state index in [1.165, 1.54) is 0 Å². The third-order valence-corrected chi connectivity index (χ3v) is 6.22. The molecule has 4 heteroatoms. The third-order valence-electron chi connectivity index (χ3n) is 3.98. The molecule has 1 atom stereocenters. The fourth-order valence-electron chi connectivity index (χ4n) is 2.93. The second kappa shape index (κ2) is 6.84. The summed E-state index contributed by atoms with van der Waals surface area (Å²) in [6.07, 6.45) is -0.710. The quantitative estimate of drug-likeness (QED) is 0.520. The molecule has 0 N–H and O–H groups in total. The van der Waals surface area contributed by atoms with Crippen molar-refractivity contribution in [3.8, 4) is 0 Å². The van der Waals surface area contributed by atoms with Crippen LogP contribution in [0.4, 0.5) is 0 Å². The van der Waals surface area contributed by atoms with Crippen LogP contribution in [0.15, 0.2) is 71.0 Å². The first-order valence-corrected chi connectivity index (χ1v) is 9.92. The standard InChI is InChI=1S/C19H18IO3/c1-14-20-13-17(21)18(23-14)19(22-2,15-9-5-3-6-10-15)16-11-7-4-8-12-16/h3-12,18H,1,13H2,2H3/q-1. The molecule has 2 aromatic rings. The molecule has 2 aromatic carbocycles. The van der Waals surface area contributed by atoms with E-state index in [4.69, 9.17) is 9.47 Å². The fourth-order valence-corrected chi connectivity index (χ4v) is 4.56. The van der Waals surface area contributed by atoms with E-state index < -0.39 is 32.9 Å². The molecule has 0 spiro atoms. The molecule has 1 saturated heterocycles. The first kappa shape index (κ1) is 16.2. The van der Waals surface area contributed by atoms with Crippen LogP contribution in [0.3, 0.4) is 0 Å². The Balaban J connectivity index is 2.20. The predicted molar refractivity (Wildman–Crippen MR) is 84.6 cm³/mol. The molecule has 1 unspecified atom stereocenters. The predicted octanol–water partition coefficient (Wildman–Crippen LogP) is 0.105. The Labute approximate surface area is 146 Å². The molecule has 0 aromatic heterocycles. The van der Waals surface area contributed by atoms with Gasteiger partial charge in [0, 0.05) is 0 Å². The number of alkyl halides is 1. The second-order valence-electron chi connectivity index (χ2n) is 5.26. The van der Waals surface area contributed by atoms with Gasteiger partial charge in [-0.3, -0.25) is 0 Å². The van der Waals surface area contributed by atoms with Gasteiger partial charge in [0.05, 0.1) is 0 Å². The Morgan fingerprint density at radius 1 is 1.09 bits per heavy atom. The summed E-state index contributed by atoms with van der Waals surface area (Å²) < 4.78 is 13.2. The SMILES string of the molecule is C=C1OC(C(OC)(c2ccccc2)c2ccccc2)C(=O)C[I-]1. The van der Waals surface area contributed by atoms with Crippen molar-refractivity contribution in [1.82, 2.24) is 0 Å². The molecule has 0 saturated carbocycles. The number of ketones is 1. The average molecular weight is 421 g/mol. The van der Waals surface area contributed by atoms with Crippen LogP contribution in [-0.2, 0) is 19.9 Å². The van der Waals surface area contributed by atoms with Crippen molar-refractivity contribution in [2.45, 2.75) is 11.7 Å². The normalized spacial score (nSPS) is 18.9. The molecule has 3 nitrogen and oxygen atoms in total. The number of hydrogen-bond donors (Lipinski definition) is 0. The molecule has 1 heterocycles. The second-order valence-corrected chi connectivity index (χ2v) is 7.99. The average Bonchev–Trinajstić information content (AvgIpc) is 2.61. The molecule has 23 heavy (non-hydrogen) atoms. The maximum absolute atomic E-state index is 12.7. The monoisotopic (exact) mass is 421 g/mol. The van der Waals surface area contributed by atoms with E-state index in [2.05, 4.69) is 6.58 Å². The number of methoxy groups -OCH3 is 1. The van der Waals surface area contributed by atoms with Crippen molar-refractivity contribution >= 4 is 5.78 Å². The Hall–Kier alpha value is -1.66. The molecule has 1 fully saturated rings. The van der Waals surface area contributed by atoms with Gasteiger partial charge in [0.2, 0.25) is 0 Å². The van der Waals surface area contributed by atoms with Gasteiger partial charge in [-0.1, -0.05) is 0 Å². The van der Waals surface area contributed by atoms with E-state index in [0.29, 0.717) is 4.43 Å². The first-order chi connectivity index (χ1) is 11.2. The topological polar surface area (TPSA) is 35.5 Å². The summed E-state index contributed by atoms with van der Waals surface area (Å²) in [4.78, 5) is 12.7. The fraction of sp³-hybridized carbons (Fsp3) is 0.211. The van der Waals surface area contributed by atoms with E-state index in [-0.39, 0.29) is 5.78 Å². The van der Waals surface area contributed by atoms with Gasteiger partial charge in [-0.2, -0.15) is 0 Å². The zero-order valence-corrected chi connectivity index (χ0v) is 15.0. The van der Waals surface area contributed by atoms with E-state index in [9.17, 15) is 4.79 Å². The van der Waals surface area contributed by atoms with Crippen LogP contribution in [0.25, 0.3) is 0 Å². The molecule has 3 rings (SSSR count). The summed E-state index contributed by atoms with van der Waals surface area (Å²) in [6.45, 7) is 3.95. The summed E-state index contributed by atoms with van der Waals surface area (Å²) in [7, 11) is 1.63. The Morgan fingerprint density at radius 3 is 2.09 bits per heavy atom. The number of carbonyl (C=O) groups is 1. The number of hydrogen-bond acceptors (Lipinski definition) is 3. The van der Waals surface area contributed by atoms with Crippen molar-refractivity contribution in [2.24, 2.45) is 0 Å². The Kier molecular flexibility index (Phi) is 4.82. The number of halogens is 1. The van der Waals surface area contributed by atoms with Crippen LogP contribution in [-0.4, -0.2) is 23.4 Å². The first-order valence-electron chi connectivity index (χ1n) is 7.32. The molecule has 1 aliphatic rings. The molecule has 120 valence electrons. The molecule has 1 aliphatic heterocycles. The van der Waals surface area contributed by atoms with Crippen LogP contribution in [0.2, 0.25) is 0 Å². The van der Waals surface area contributed by atoms with Crippen LogP contribution < -0.4 is 21.2 Å². The zero-order chi connectivity index (χ0) is 16.3. The van der Waals surface area contributed by atoms with E-state index >= 15 is 0 Å². The van der Waals surface area contributed by atoms with Gasteiger partial charge in [-0.05, 0) is 0 Å². The van der Waals surface area contributed by atoms with Crippen LogP contribution in [0, 0.1) is 0 Å². The summed E-state index contributed by atoms with van der Waals surface area (Å²) in [6, 6.07) is 19.6. The van der Waals surface area contributed by atoms with Crippen LogP contribution in [0.1, 0.15) is 11.1 Å². The third kappa shape index (κ3) is 2.93. The molecular formula is C19H18IO3-. The van der Waals surface area contributed by atoms with Crippen molar-refractivity contribution in [3.05, 3.63) is 82.1 Å². The number of Topliss-reactive ketones (excluding diaryl/α,β-unsaturated/α-hetero) is 1. The minimum absolute atomic E-state index is 0.0831. The van der Waals surface area contributed by atoms with Crippen molar-refractivity contribution in [2.75, 3.05) is 11.5 Å². The van der Waals surface area contributed by atoms with Crippen molar-refractivity contribution in [3.63, 3.8) is 0 Å². The van der Waals surface area contributed by atoms with E-state index in [1.807, 2.05) is 60.7 Å². The Bertz CT molecular complexity index is 658. The zero-order valence-electron chi connectivity index (χ0n) is 12.9. The van der Waals surface area contributed by atoms with Gasteiger partial charge < -0.3 is 0 Å². The summed E-state index contributed by atoms with van der Waals surface area (Å²) in [5.41, 5.74) is 0.840. The summed E-state index contributed by atoms with van der Waals surface area (Å²) in [5.74, 6) is 0.0831. The van der Waals surface area contributed by atoms with Gasteiger partial charge >= 0.3 is 147 Å². The van der Waals surface area contributed by atoms with Crippen molar-refractivity contribution in [1.29, 1.82) is 0 Å². The summed E-state index contributed by atoms with van der Waals surface area (Å²) >= 11 is -0.431.